The van der Waals surface area contributed by atoms with Gasteiger partial charge in [0, 0.05) is 38.3 Å². The zero-order valence-electron chi connectivity index (χ0n) is 17.1. The first kappa shape index (κ1) is 21.1. The fourth-order valence-corrected chi connectivity index (χ4v) is 4.70. The van der Waals surface area contributed by atoms with Gasteiger partial charge in [0.1, 0.15) is 0 Å². The molecule has 1 fully saturated rings. The highest BCUT2D eigenvalue weighted by Crippen LogP contribution is 2.20. The first-order valence-electron chi connectivity index (χ1n) is 10.2. The molecule has 2 N–H and O–H groups in total. The Labute approximate surface area is 181 Å². The minimum Gasteiger partial charge on any atom is -0.341 e. The number of fused-ring (bicyclic) bond motifs is 1. The molecule has 1 amide bonds. The molecule has 162 valence electrons. The number of H-pyrrole nitrogens is 1. The molecule has 0 radical (unpaired) electrons. The van der Waals surface area contributed by atoms with Gasteiger partial charge < -0.3 is 14.8 Å². The highest BCUT2D eigenvalue weighted by Gasteiger charge is 2.23. The molecular weight excluding hydrogens is 414 g/mol. The highest BCUT2D eigenvalue weighted by molar-refractivity contribution is 7.89. The average Bonchev–Trinajstić information content (AvgIpc) is 3.07. The Balaban J connectivity index is 1.47. The molecule has 3 aromatic rings. The van der Waals surface area contributed by atoms with Crippen molar-refractivity contribution in [3.05, 3.63) is 66.7 Å². The van der Waals surface area contributed by atoms with Crippen molar-refractivity contribution in [1.29, 1.82) is 0 Å². The smallest absolute Gasteiger partial charge is 0.253 e. The summed E-state index contributed by atoms with van der Waals surface area (Å²) in [7, 11) is -3.69. The first-order valence-corrected chi connectivity index (χ1v) is 11.7. The fourth-order valence-electron chi connectivity index (χ4n) is 3.65. The van der Waals surface area contributed by atoms with Gasteiger partial charge in [-0.2, -0.15) is 0 Å². The zero-order chi connectivity index (χ0) is 21.8. The lowest BCUT2D eigenvalue weighted by atomic mass is 10.2. The van der Waals surface area contributed by atoms with Crippen LogP contribution in [0.1, 0.15) is 16.8 Å². The number of para-hydroxylation sites is 2. The summed E-state index contributed by atoms with van der Waals surface area (Å²) in [6.45, 7) is 6.20. The van der Waals surface area contributed by atoms with Crippen molar-refractivity contribution in [1.82, 2.24) is 19.6 Å². The number of hydrogen-bond acceptors (Lipinski definition) is 5. The van der Waals surface area contributed by atoms with E-state index in [2.05, 4.69) is 26.2 Å². The number of nitrogens with zero attached hydrogens (tertiary/aromatic N) is 3. The molecule has 0 saturated carbocycles. The molecule has 1 aromatic heterocycles. The molecule has 2 aromatic carbocycles. The molecular formula is C22H25N5O3S. The molecule has 0 atom stereocenters. The predicted octanol–water partition coefficient (Wildman–Crippen LogP) is 2.38. The number of carbonyl (C=O) groups is 1. The van der Waals surface area contributed by atoms with Crippen molar-refractivity contribution in [2.75, 3.05) is 37.6 Å². The van der Waals surface area contributed by atoms with Crippen LogP contribution in [-0.2, 0) is 10.0 Å². The third kappa shape index (κ3) is 4.62. The lowest BCUT2D eigenvalue weighted by molar-refractivity contribution is 0.0766. The molecule has 1 saturated heterocycles. The summed E-state index contributed by atoms with van der Waals surface area (Å²) >= 11 is 0. The van der Waals surface area contributed by atoms with Gasteiger partial charge in [-0.15, -0.1) is 6.58 Å². The maximum Gasteiger partial charge on any atom is 0.253 e. The van der Waals surface area contributed by atoms with Gasteiger partial charge >= 0.3 is 0 Å². The second-order valence-corrected chi connectivity index (χ2v) is 9.15. The van der Waals surface area contributed by atoms with Crippen LogP contribution in [0.5, 0.6) is 0 Å². The van der Waals surface area contributed by atoms with E-state index in [0.29, 0.717) is 25.2 Å². The average molecular weight is 440 g/mol. The Morgan fingerprint density at radius 2 is 1.97 bits per heavy atom. The van der Waals surface area contributed by atoms with Crippen LogP contribution in [0.15, 0.2) is 66.1 Å². The topological polar surface area (TPSA) is 98.4 Å². The monoisotopic (exact) mass is 439 g/mol. The highest BCUT2D eigenvalue weighted by atomic mass is 32.2. The van der Waals surface area contributed by atoms with Crippen molar-refractivity contribution in [2.24, 2.45) is 0 Å². The third-order valence-corrected chi connectivity index (χ3v) is 6.69. The molecule has 0 spiro atoms. The summed E-state index contributed by atoms with van der Waals surface area (Å²) in [5, 5.41) is 0. The maximum atomic E-state index is 13.1. The number of sulfonamides is 1. The number of anilines is 1. The van der Waals surface area contributed by atoms with Crippen LogP contribution in [0, 0.1) is 0 Å². The molecule has 9 heteroatoms. The number of imidazole rings is 1. The van der Waals surface area contributed by atoms with E-state index in [0.717, 1.165) is 29.9 Å². The van der Waals surface area contributed by atoms with E-state index in [1.54, 1.807) is 17.0 Å². The van der Waals surface area contributed by atoms with Crippen LogP contribution < -0.4 is 9.62 Å². The van der Waals surface area contributed by atoms with Gasteiger partial charge in [0.05, 0.1) is 15.9 Å². The Morgan fingerprint density at radius 1 is 1.13 bits per heavy atom. The van der Waals surface area contributed by atoms with Crippen molar-refractivity contribution in [2.45, 2.75) is 11.3 Å². The number of aromatic nitrogens is 2. The molecule has 1 aliphatic heterocycles. The van der Waals surface area contributed by atoms with Gasteiger partial charge in [-0.05, 0) is 36.8 Å². The molecule has 0 unspecified atom stereocenters. The van der Waals surface area contributed by atoms with E-state index in [4.69, 9.17) is 0 Å². The summed E-state index contributed by atoms with van der Waals surface area (Å²) < 4.78 is 27.2. The third-order valence-electron chi connectivity index (χ3n) is 5.27. The van der Waals surface area contributed by atoms with Crippen LogP contribution in [0.3, 0.4) is 0 Å². The van der Waals surface area contributed by atoms with Gasteiger partial charge in [0.15, 0.2) is 0 Å². The predicted molar refractivity (Wildman–Crippen MR) is 121 cm³/mol. The van der Waals surface area contributed by atoms with Crippen LogP contribution in [0.4, 0.5) is 5.95 Å². The summed E-state index contributed by atoms with van der Waals surface area (Å²) in [6.07, 6.45) is 2.26. The Morgan fingerprint density at radius 3 is 2.77 bits per heavy atom. The van der Waals surface area contributed by atoms with E-state index in [1.165, 1.54) is 18.2 Å². The number of carbonyl (C=O) groups excluding carboxylic acids is 1. The van der Waals surface area contributed by atoms with E-state index < -0.39 is 10.0 Å². The summed E-state index contributed by atoms with van der Waals surface area (Å²) in [6, 6.07) is 14.0. The molecule has 1 aliphatic rings. The fraction of sp³-hybridized carbons (Fsp3) is 0.273. The SMILES string of the molecule is C=CCNS(=O)(=O)c1cccc(C(=O)N2CCCN(c3nc4ccccc4[nH]3)CC2)c1. The molecule has 0 bridgehead atoms. The van der Waals surface area contributed by atoms with Crippen LogP contribution in [0.2, 0.25) is 0 Å². The summed E-state index contributed by atoms with van der Waals surface area (Å²) in [5.74, 6) is 0.629. The Bertz CT molecular complexity index is 1170. The maximum absolute atomic E-state index is 13.1. The standard InChI is InChI=1S/C22H25N5O3S/c1-2-11-23-31(29,30)18-8-5-7-17(16-18)21(28)26-12-6-13-27(15-14-26)22-24-19-9-3-4-10-20(19)25-22/h2-5,7-10,16,23H,1,6,11-15H2,(H,24,25). The largest absolute Gasteiger partial charge is 0.341 e. The van der Waals surface area contributed by atoms with E-state index in [-0.39, 0.29) is 17.3 Å². The van der Waals surface area contributed by atoms with Crippen LogP contribution in [-0.4, -0.2) is 61.9 Å². The van der Waals surface area contributed by atoms with Gasteiger partial charge in [0.25, 0.3) is 5.91 Å². The van der Waals surface area contributed by atoms with Gasteiger partial charge in [-0.1, -0.05) is 24.3 Å². The summed E-state index contributed by atoms with van der Waals surface area (Å²) in [5.41, 5.74) is 2.26. The van der Waals surface area contributed by atoms with Crippen molar-refractivity contribution >= 4 is 32.9 Å². The van der Waals surface area contributed by atoms with Crippen molar-refractivity contribution in [3.8, 4) is 0 Å². The lowest BCUT2D eigenvalue weighted by Crippen LogP contribution is -2.35. The number of hydrogen-bond donors (Lipinski definition) is 2. The summed E-state index contributed by atoms with van der Waals surface area (Å²) in [4.78, 5) is 25.1. The van der Waals surface area contributed by atoms with Crippen molar-refractivity contribution < 1.29 is 13.2 Å². The lowest BCUT2D eigenvalue weighted by Gasteiger charge is -2.22. The Kier molecular flexibility index (Phi) is 6.06. The number of nitrogens with one attached hydrogen (secondary N) is 2. The molecule has 2 heterocycles. The molecule has 31 heavy (non-hydrogen) atoms. The number of rotatable bonds is 6. The minimum atomic E-state index is -3.69. The van der Waals surface area contributed by atoms with Gasteiger partial charge in [-0.25, -0.2) is 18.1 Å². The van der Waals surface area contributed by atoms with E-state index >= 15 is 0 Å². The van der Waals surface area contributed by atoms with Crippen LogP contribution >= 0.6 is 0 Å². The number of amides is 1. The minimum absolute atomic E-state index is 0.0684. The molecule has 0 aliphatic carbocycles. The van der Waals surface area contributed by atoms with Crippen LogP contribution in [0.25, 0.3) is 11.0 Å². The van der Waals surface area contributed by atoms with Gasteiger partial charge in [0.2, 0.25) is 16.0 Å². The Hall–Kier alpha value is -3.17. The van der Waals surface area contributed by atoms with Gasteiger partial charge in [-0.3, -0.25) is 4.79 Å². The number of benzene rings is 2. The number of aromatic amines is 1. The first-order chi connectivity index (χ1) is 15.0. The second-order valence-electron chi connectivity index (χ2n) is 7.38. The second kappa shape index (κ2) is 8.91. The van der Waals surface area contributed by atoms with E-state index in [9.17, 15) is 13.2 Å². The quantitative estimate of drug-likeness (QED) is 0.575. The zero-order valence-corrected chi connectivity index (χ0v) is 17.9. The normalized spacial score (nSPS) is 15.1. The molecule has 4 rings (SSSR count). The van der Waals surface area contributed by atoms with Crippen molar-refractivity contribution in [3.63, 3.8) is 0 Å². The van der Waals surface area contributed by atoms with E-state index in [1.807, 2.05) is 24.3 Å². The molecule has 8 nitrogen and oxygen atoms in total.